The number of carbonyl (C=O) groups is 1. The Kier molecular flexibility index (Phi) is 5.02. The lowest BCUT2D eigenvalue weighted by molar-refractivity contribution is -0.384. The molecule has 1 aliphatic heterocycles. The normalized spacial score (nSPS) is 15.5. The molecule has 27 heavy (non-hydrogen) atoms. The minimum atomic E-state index is -0.697. The predicted octanol–water partition coefficient (Wildman–Crippen LogP) is 2.75. The van der Waals surface area contributed by atoms with E-state index in [0.717, 1.165) is 0 Å². The Hall–Kier alpha value is -3.49. The Morgan fingerprint density at radius 2 is 2.11 bits per heavy atom. The molecule has 140 valence electrons. The van der Waals surface area contributed by atoms with Crippen LogP contribution in [0.4, 0.5) is 11.4 Å². The highest BCUT2D eigenvalue weighted by molar-refractivity contribution is 5.89. The van der Waals surface area contributed by atoms with Gasteiger partial charge in [0.25, 0.3) is 11.2 Å². The standard InChI is InChI=1S/C18H18N4O5/c1-3-27-18(24)14-10-19-16-15(9-4-11(2)21(16)17(14)23)20-12-5-7-13(8-6-12)22(25)26/h5-11,20H,3-4H2,1-2H3. The van der Waals surface area contributed by atoms with E-state index in [-0.39, 0.29) is 23.9 Å². The fourth-order valence-corrected chi connectivity index (χ4v) is 2.84. The SMILES string of the molecule is CCOC(=O)c1cnc2n(c1=O)C(C)CC=C2Nc1ccc([N+](=O)[O-])cc1. The third-order valence-corrected chi connectivity index (χ3v) is 4.19. The molecule has 1 unspecified atom stereocenters. The Bertz CT molecular complexity index is 978. The molecule has 1 aliphatic rings. The van der Waals surface area contributed by atoms with Gasteiger partial charge in [-0.1, -0.05) is 6.08 Å². The molecule has 0 bridgehead atoms. The minimum absolute atomic E-state index is 0.0133. The number of anilines is 1. The molecule has 9 heteroatoms. The van der Waals surface area contributed by atoms with Crippen LogP contribution in [0, 0.1) is 10.1 Å². The smallest absolute Gasteiger partial charge is 0.345 e. The van der Waals surface area contributed by atoms with Crippen LogP contribution >= 0.6 is 0 Å². The third kappa shape index (κ3) is 3.57. The van der Waals surface area contributed by atoms with Gasteiger partial charge in [-0.2, -0.15) is 0 Å². The Morgan fingerprint density at radius 3 is 2.74 bits per heavy atom. The molecule has 2 heterocycles. The molecule has 1 aromatic carbocycles. The zero-order valence-corrected chi connectivity index (χ0v) is 14.8. The number of nitro groups is 1. The Morgan fingerprint density at radius 1 is 1.41 bits per heavy atom. The van der Waals surface area contributed by atoms with Crippen LogP contribution in [0.5, 0.6) is 0 Å². The van der Waals surface area contributed by atoms with Crippen molar-refractivity contribution >= 4 is 23.0 Å². The molecule has 0 radical (unpaired) electrons. The van der Waals surface area contributed by atoms with Gasteiger partial charge in [-0.25, -0.2) is 9.78 Å². The van der Waals surface area contributed by atoms with Gasteiger partial charge in [-0.05, 0) is 32.4 Å². The molecule has 2 aromatic rings. The first kappa shape index (κ1) is 18.3. The van der Waals surface area contributed by atoms with Gasteiger partial charge >= 0.3 is 5.97 Å². The van der Waals surface area contributed by atoms with Crippen molar-refractivity contribution in [3.63, 3.8) is 0 Å². The van der Waals surface area contributed by atoms with E-state index in [1.807, 2.05) is 13.0 Å². The average Bonchev–Trinajstić information content (AvgIpc) is 2.64. The van der Waals surface area contributed by atoms with Gasteiger partial charge in [0.1, 0.15) is 5.56 Å². The number of carbonyl (C=O) groups excluding carboxylic acids is 1. The zero-order chi connectivity index (χ0) is 19.6. The summed E-state index contributed by atoms with van der Waals surface area (Å²) in [7, 11) is 0. The second-order valence-electron chi connectivity index (χ2n) is 6.02. The number of nitrogens with one attached hydrogen (secondary N) is 1. The topological polar surface area (TPSA) is 116 Å². The molecule has 0 saturated heterocycles. The average molecular weight is 370 g/mol. The van der Waals surface area contributed by atoms with Crippen molar-refractivity contribution in [2.24, 2.45) is 0 Å². The number of fused-ring (bicyclic) bond motifs is 1. The summed E-state index contributed by atoms with van der Waals surface area (Å²) < 4.78 is 6.37. The molecule has 1 atom stereocenters. The number of non-ortho nitro benzene ring substituents is 1. The summed E-state index contributed by atoms with van der Waals surface area (Å²) in [6.07, 6.45) is 3.68. The number of esters is 1. The molecule has 0 saturated carbocycles. The molecule has 0 amide bonds. The van der Waals surface area contributed by atoms with Crippen molar-refractivity contribution in [1.29, 1.82) is 0 Å². The van der Waals surface area contributed by atoms with Gasteiger partial charge in [0.05, 0.1) is 17.2 Å². The summed E-state index contributed by atoms with van der Waals surface area (Å²) in [4.78, 5) is 39.3. The maximum absolute atomic E-state index is 12.8. The van der Waals surface area contributed by atoms with Crippen molar-refractivity contribution in [2.75, 3.05) is 11.9 Å². The first-order valence-electron chi connectivity index (χ1n) is 8.43. The van der Waals surface area contributed by atoms with Crippen LogP contribution in [-0.2, 0) is 4.74 Å². The number of nitrogens with zero attached hydrogens (tertiary/aromatic N) is 3. The van der Waals surface area contributed by atoms with Gasteiger partial charge in [-0.3, -0.25) is 19.5 Å². The molecule has 0 fully saturated rings. The van der Waals surface area contributed by atoms with Gasteiger partial charge in [0, 0.05) is 30.1 Å². The van der Waals surface area contributed by atoms with Crippen LogP contribution in [0.3, 0.4) is 0 Å². The molecule has 0 aliphatic carbocycles. The van der Waals surface area contributed by atoms with E-state index in [4.69, 9.17) is 4.74 Å². The first-order chi connectivity index (χ1) is 12.9. The van der Waals surface area contributed by atoms with E-state index in [9.17, 15) is 19.7 Å². The zero-order valence-electron chi connectivity index (χ0n) is 14.8. The molecular formula is C18H18N4O5. The van der Waals surface area contributed by atoms with Crippen LogP contribution in [0.15, 0.2) is 41.3 Å². The quantitative estimate of drug-likeness (QED) is 0.488. The number of nitro benzene ring substituents is 1. The molecule has 1 N–H and O–H groups in total. The van der Waals surface area contributed by atoms with Crippen molar-refractivity contribution in [1.82, 2.24) is 9.55 Å². The second-order valence-corrected chi connectivity index (χ2v) is 6.02. The van der Waals surface area contributed by atoms with Crippen LogP contribution in [0.25, 0.3) is 5.70 Å². The highest BCUT2D eigenvalue weighted by atomic mass is 16.6. The fraction of sp³-hybridized carbons (Fsp3) is 0.278. The lowest BCUT2D eigenvalue weighted by Gasteiger charge is -2.25. The monoisotopic (exact) mass is 370 g/mol. The maximum atomic E-state index is 12.8. The summed E-state index contributed by atoms with van der Waals surface area (Å²) >= 11 is 0. The summed E-state index contributed by atoms with van der Waals surface area (Å²) in [6, 6.07) is 5.76. The maximum Gasteiger partial charge on any atom is 0.345 e. The van der Waals surface area contributed by atoms with Crippen molar-refractivity contribution < 1.29 is 14.5 Å². The third-order valence-electron chi connectivity index (χ3n) is 4.19. The second kappa shape index (κ2) is 7.40. The van der Waals surface area contributed by atoms with Gasteiger partial charge < -0.3 is 10.1 Å². The van der Waals surface area contributed by atoms with E-state index in [2.05, 4.69) is 10.3 Å². The van der Waals surface area contributed by atoms with Crippen molar-refractivity contribution in [2.45, 2.75) is 26.3 Å². The van der Waals surface area contributed by atoms with E-state index in [1.165, 1.54) is 22.9 Å². The van der Waals surface area contributed by atoms with Crippen molar-refractivity contribution in [3.05, 3.63) is 68.4 Å². The molecule has 1 aromatic heterocycles. The number of aromatic nitrogens is 2. The van der Waals surface area contributed by atoms with E-state index in [1.54, 1.807) is 19.1 Å². The number of hydrogen-bond acceptors (Lipinski definition) is 7. The van der Waals surface area contributed by atoms with Crippen LogP contribution in [0.1, 0.15) is 42.5 Å². The summed E-state index contributed by atoms with van der Waals surface area (Å²) in [5.74, 6) is -0.304. The number of allylic oxidation sites excluding steroid dienone is 1. The largest absolute Gasteiger partial charge is 0.462 e. The number of benzene rings is 1. The molecule has 9 nitrogen and oxygen atoms in total. The lowest BCUT2D eigenvalue weighted by atomic mass is 10.1. The number of rotatable bonds is 5. The van der Waals surface area contributed by atoms with Crippen LogP contribution < -0.4 is 10.9 Å². The molecule has 3 rings (SSSR count). The van der Waals surface area contributed by atoms with E-state index >= 15 is 0 Å². The highest BCUT2D eigenvalue weighted by Crippen LogP contribution is 2.27. The fourth-order valence-electron chi connectivity index (χ4n) is 2.84. The van der Waals surface area contributed by atoms with Crippen molar-refractivity contribution in [3.8, 4) is 0 Å². The molecule has 0 spiro atoms. The minimum Gasteiger partial charge on any atom is -0.462 e. The summed E-state index contributed by atoms with van der Waals surface area (Å²) in [5, 5.41) is 13.9. The highest BCUT2D eigenvalue weighted by Gasteiger charge is 2.25. The number of ether oxygens (including phenoxy) is 1. The van der Waals surface area contributed by atoms with Gasteiger partial charge in [0.2, 0.25) is 0 Å². The Balaban J connectivity index is 1.95. The Labute approximate surface area is 154 Å². The van der Waals surface area contributed by atoms with E-state index in [0.29, 0.717) is 23.6 Å². The van der Waals surface area contributed by atoms with Gasteiger partial charge in [-0.15, -0.1) is 0 Å². The van der Waals surface area contributed by atoms with E-state index < -0.39 is 16.5 Å². The molecular weight excluding hydrogens is 352 g/mol. The first-order valence-corrected chi connectivity index (χ1v) is 8.43. The van der Waals surface area contributed by atoms with Gasteiger partial charge in [0.15, 0.2) is 5.82 Å². The van der Waals surface area contributed by atoms with Crippen LogP contribution in [0.2, 0.25) is 0 Å². The summed E-state index contributed by atoms with van der Waals surface area (Å²) in [6.45, 7) is 3.70. The summed E-state index contributed by atoms with van der Waals surface area (Å²) in [5.41, 5.74) is 0.637. The van der Waals surface area contributed by atoms with Crippen LogP contribution in [-0.4, -0.2) is 27.1 Å². The lowest BCUT2D eigenvalue weighted by Crippen LogP contribution is -2.34. The predicted molar refractivity (Wildman–Crippen MR) is 98.5 cm³/mol. The number of hydrogen-bond donors (Lipinski definition) is 1.